The summed E-state index contributed by atoms with van der Waals surface area (Å²) in [7, 11) is -1.17. The highest BCUT2D eigenvalue weighted by Gasteiger charge is 2.06. The van der Waals surface area contributed by atoms with Crippen molar-refractivity contribution in [3.8, 4) is 11.5 Å². The molecule has 0 aromatic heterocycles. The van der Waals surface area contributed by atoms with Gasteiger partial charge in [-0.3, -0.25) is 0 Å². The fourth-order valence-corrected chi connectivity index (χ4v) is 1.62. The van der Waals surface area contributed by atoms with Crippen molar-refractivity contribution in [3.63, 3.8) is 0 Å². The molecule has 2 heteroatoms. The van der Waals surface area contributed by atoms with Crippen molar-refractivity contribution >= 4 is 8.07 Å². The van der Waals surface area contributed by atoms with E-state index in [0.29, 0.717) is 0 Å². The zero-order chi connectivity index (χ0) is 12.3. The Bertz CT molecular complexity index is 273. The van der Waals surface area contributed by atoms with E-state index in [2.05, 4.69) is 55.4 Å². The fraction of sp³-hybridized carbons (Fsp3) is 0.571. The van der Waals surface area contributed by atoms with Gasteiger partial charge in [0.2, 0.25) is 0 Å². The third-order valence-corrected chi connectivity index (χ3v) is 2.63. The number of hydrogen-bond acceptors (Lipinski definition) is 1. The van der Waals surface area contributed by atoms with Gasteiger partial charge < -0.3 is 4.74 Å². The maximum absolute atomic E-state index is 5.19. The molecule has 0 unspecified atom stereocenters. The average molecular weight is 236 g/mol. The molecule has 0 rings (SSSR count). The molecule has 1 nitrogen and oxygen atoms in total. The van der Waals surface area contributed by atoms with E-state index in [1.807, 2.05) is 6.92 Å². The second-order valence-electron chi connectivity index (χ2n) is 4.59. The van der Waals surface area contributed by atoms with E-state index >= 15 is 0 Å². The van der Waals surface area contributed by atoms with E-state index < -0.39 is 8.07 Å². The van der Waals surface area contributed by atoms with Crippen LogP contribution in [0.2, 0.25) is 19.6 Å². The lowest BCUT2D eigenvalue weighted by atomic mass is 10.3. The van der Waals surface area contributed by atoms with E-state index in [4.69, 9.17) is 4.74 Å². The first kappa shape index (κ1) is 15.2. The van der Waals surface area contributed by atoms with E-state index in [-0.39, 0.29) is 0 Å². The van der Waals surface area contributed by atoms with Gasteiger partial charge in [-0.05, 0) is 13.3 Å². The molecule has 0 aromatic carbocycles. The van der Waals surface area contributed by atoms with Crippen LogP contribution in [0.4, 0.5) is 0 Å². The average Bonchev–Trinajstić information content (AvgIpc) is 2.19. The minimum atomic E-state index is -1.17. The van der Waals surface area contributed by atoms with Crippen LogP contribution >= 0.6 is 0 Å². The van der Waals surface area contributed by atoms with Crippen LogP contribution in [0.15, 0.2) is 24.3 Å². The summed E-state index contributed by atoms with van der Waals surface area (Å²) >= 11 is 0. The van der Waals surface area contributed by atoms with Gasteiger partial charge >= 0.3 is 0 Å². The number of ether oxygens (including phenoxy) is 1. The van der Waals surface area contributed by atoms with Crippen LogP contribution in [0.3, 0.4) is 0 Å². The predicted molar refractivity (Wildman–Crippen MR) is 75.1 cm³/mol. The van der Waals surface area contributed by atoms with Crippen LogP contribution in [-0.2, 0) is 4.74 Å². The molecule has 0 aliphatic carbocycles. The molecule has 90 valence electrons. The van der Waals surface area contributed by atoms with Gasteiger partial charge in [-0.15, -0.1) is 11.5 Å². The molecule has 0 radical (unpaired) electrons. The summed E-state index contributed by atoms with van der Waals surface area (Å²) in [5.41, 5.74) is 3.34. The topological polar surface area (TPSA) is 9.23 Å². The van der Waals surface area contributed by atoms with Gasteiger partial charge in [-0.1, -0.05) is 43.9 Å². The Balaban J connectivity index is 3.55. The molecule has 0 amide bonds. The summed E-state index contributed by atoms with van der Waals surface area (Å²) in [4.78, 5) is 0. The van der Waals surface area contributed by atoms with Crippen molar-refractivity contribution in [3.05, 3.63) is 24.3 Å². The summed E-state index contributed by atoms with van der Waals surface area (Å²) in [6.45, 7) is 10.3. The molecular formula is C14H24OSi. The zero-order valence-corrected chi connectivity index (χ0v) is 12.0. The standard InChI is InChI=1S/C14H24OSi/c1-5-15-13-11-9-7-6-8-10-12-14-16(2,3)4/h6,8-9,11H,5,7,10,13H2,1-4H3/b8-6+,11-9+. The van der Waals surface area contributed by atoms with Gasteiger partial charge in [0.1, 0.15) is 8.07 Å². The Hall–Kier alpha value is -0.783. The second kappa shape index (κ2) is 9.44. The Morgan fingerprint density at radius 2 is 1.75 bits per heavy atom. The molecule has 16 heavy (non-hydrogen) atoms. The van der Waals surface area contributed by atoms with Crippen LogP contribution in [0, 0.1) is 11.5 Å². The first-order chi connectivity index (χ1) is 7.56. The molecule has 0 bridgehead atoms. The van der Waals surface area contributed by atoms with Gasteiger partial charge in [0, 0.05) is 13.0 Å². The molecule has 0 aromatic rings. The van der Waals surface area contributed by atoms with Crippen molar-refractivity contribution in [2.45, 2.75) is 39.4 Å². The molecule has 0 heterocycles. The highest BCUT2D eigenvalue weighted by molar-refractivity contribution is 6.83. The molecule has 0 aliphatic rings. The van der Waals surface area contributed by atoms with Crippen LogP contribution in [-0.4, -0.2) is 21.3 Å². The molecule has 0 saturated heterocycles. The third kappa shape index (κ3) is 13.2. The lowest BCUT2D eigenvalue weighted by Crippen LogP contribution is -2.16. The largest absolute Gasteiger partial charge is 0.378 e. The Morgan fingerprint density at radius 3 is 2.38 bits per heavy atom. The van der Waals surface area contributed by atoms with Gasteiger partial charge in [-0.25, -0.2) is 0 Å². The summed E-state index contributed by atoms with van der Waals surface area (Å²) in [5.74, 6) is 3.21. The van der Waals surface area contributed by atoms with Crippen molar-refractivity contribution in [1.29, 1.82) is 0 Å². The lowest BCUT2D eigenvalue weighted by molar-refractivity contribution is 0.177. The van der Waals surface area contributed by atoms with E-state index in [1.54, 1.807) is 0 Å². The second-order valence-corrected chi connectivity index (χ2v) is 9.34. The first-order valence-electron chi connectivity index (χ1n) is 5.94. The van der Waals surface area contributed by atoms with Gasteiger partial charge in [0.15, 0.2) is 0 Å². The highest BCUT2D eigenvalue weighted by Crippen LogP contribution is 1.97. The molecule has 0 fully saturated rings. The normalized spacial score (nSPS) is 12.0. The molecule has 0 spiro atoms. The van der Waals surface area contributed by atoms with Gasteiger partial charge in [0.05, 0.1) is 6.61 Å². The summed E-state index contributed by atoms with van der Waals surface area (Å²) in [5, 5.41) is 0. The molecule has 0 saturated carbocycles. The smallest absolute Gasteiger partial charge is 0.129 e. The molecular weight excluding hydrogens is 212 g/mol. The summed E-state index contributed by atoms with van der Waals surface area (Å²) < 4.78 is 5.19. The van der Waals surface area contributed by atoms with Crippen molar-refractivity contribution in [2.75, 3.05) is 13.2 Å². The first-order valence-corrected chi connectivity index (χ1v) is 9.44. The van der Waals surface area contributed by atoms with Crippen molar-refractivity contribution in [2.24, 2.45) is 0 Å². The van der Waals surface area contributed by atoms with Crippen LogP contribution in [0.1, 0.15) is 19.8 Å². The lowest BCUT2D eigenvalue weighted by Gasteiger charge is -2.02. The monoisotopic (exact) mass is 236 g/mol. The highest BCUT2D eigenvalue weighted by atomic mass is 28.3. The number of rotatable bonds is 6. The molecule has 0 N–H and O–H groups in total. The Kier molecular flexibility index (Phi) is 8.98. The quantitative estimate of drug-likeness (QED) is 0.295. The fourth-order valence-electron chi connectivity index (χ4n) is 0.983. The van der Waals surface area contributed by atoms with Crippen LogP contribution in [0.5, 0.6) is 0 Å². The maximum Gasteiger partial charge on any atom is 0.129 e. The maximum atomic E-state index is 5.19. The minimum Gasteiger partial charge on any atom is -0.378 e. The summed E-state index contributed by atoms with van der Waals surface area (Å²) in [6, 6.07) is 0. The zero-order valence-electron chi connectivity index (χ0n) is 11.0. The number of allylic oxidation sites excluding steroid dienone is 3. The molecule has 0 aliphatic heterocycles. The SMILES string of the molecule is CCOC/C=C/C/C=C/CC#C[Si](C)(C)C. The third-order valence-electron chi connectivity index (χ3n) is 1.71. The predicted octanol–water partition coefficient (Wildman–Crippen LogP) is 3.80. The number of hydrogen-bond donors (Lipinski definition) is 0. The van der Waals surface area contributed by atoms with E-state index in [1.165, 1.54) is 0 Å². The minimum absolute atomic E-state index is 0.722. The van der Waals surface area contributed by atoms with Crippen molar-refractivity contribution < 1.29 is 4.74 Å². The Morgan fingerprint density at radius 1 is 1.06 bits per heavy atom. The van der Waals surface area contributed by atoms with E-state index in [0.717, 1.165) is 26.1 Å². The van der Waals surface area contributed by atoms with Gasteiger partial charge in [-0.2, -0.15) is 0 Å². The van der Waals surface area contributed by atoms with Crippen LogP contribution < -0.4 is 0 Å². The summed E-state index contributed by atoms with van der Waals surface area (Å²) in [6.07, 6.45) is 10.3. The van der Waals surface area contributed by atoms with Crippen molar-refractivity contribution in [1.82, 2.24) is 0 Å². The van der Waals surface area contributed by atoms with Crippen LogP contribution in [0.25, 0.3) is 0 Å². The molecule has 0 atom stereocenters. The van der Waals surface area contributed by atoms with Gasteiger partial charge in [0.25, 0.3) is 0 Å². The van der Waals surface area contributed by atoms with E-state index in [9.17, 15) is 0 Å². The Labute approximate surface area is 102 Å².